The maximum Gasteiger partial charge on any atom is 0.134 e. The lowest BCUT2D eigenvalue weighted by Gasteiger charge is -2.17. The van der Waals surface area contributed by atoms with Gasteiger partial charge in [0.2, 0.25) is 0 Å². The molecule has 0 radical (unpaired) electrons. The average Bonchev–Trinajstić information content (AvgIpc) is 3.24. The van der Waals surface area contributed by atoms with Crippen molar-refractivity contribution in [1.29, 1.82) is 0 Å². The van der Waals surface area contributed by atoms with Gasteiger partial charge in [-0.1, -0.05) is 30.6 Å². The smallest absolute Gasteiger partial charge is 0.134 e. The van der Waals surface area contributed by atoms with Gasteiger partial charge < -0.3 is 9.84 Å². The first kappa shape index (κ1) is 18.4. The third-order valence-corrected chi connectivity index (χ3v) is 5.22. The van der Waals surface area contributed by atoms with Gasteiger partial charge in [-0.05, 0) is 32.2 Å². The first-order valence-electron chi connectivity index (χ1n) is 9.04. The summed E-state index contributed by atoms with van der Waals surface area (Å²) >= 11 is 6.50. The lowest BCUT2D eigenvalue weighted by atomic mass is 10.1. The van der Waals surface area contributed by atoms with E-state index < -0.39 is 0 Å². The Balaban J connectivity index is 1.65. The number of rotatable bonds is 7. The largest absolute Gasteiger partial charge is 0.361 e. The maximum absolute atomic E-state index is 6.50. The molecule has 0 spiro atoms. The molecule has 2 aromatic rings. The highest BCUT2D eigenvalue weighted by Crippen LogP contribution is 2.30. The highest BCUT2D eigenvalue weighted by molar-refractivity contribution is 6.30. The van der Waals surface area contributed by atoms with E-state index >= 15 is 0 Å². The molecule has 0 aromatic carbocycles. The van der Waals surface area contributed by atoms with Gasteiger partial charge in [-0.3, -0.25) is 9.58 Å². The van der Waals surface area contributed by atoms with E-state index in [1.165, 1.54) is 12.8 Å². The quantitative estimate of drug-likeness (QED) is 0.816. The van der Waals surface area contributed by atoms with Crippen LogP contribution >= 0.6 is 11.6 Å². The summed E-state index contributed by atoms with van der Waals surface area (Å²) in [5.41, 5.74) is 2.60. The average molecular weight is 366 g/mol. The Labute approximate surface area is 154 Å². The molecule has 1 aliphatic heterocycles. The van der Waals surface area contributed by atoms with Crippen LogP contribution < -0.4 is 5.32 Å². The second kappa shape index (κ2) is 7.89. The molecular weight excluding hydrogens is 338 g/mol. The molecule has 7 heteroatoms. The van der Waals surface area contributed by atoms with Crippen molar-refractivity contribution in [2.75, 3.05) is 19.6 Å². The minimum absolute atomic E-state index is 0.562. The molecule has 25 heavy (non-hydrogen) atoms. The summed E-state index contributed by atoms with van der Waals surface area (Å²) in [6.07, 6.45) is 2.40. The van der Waals surface area contributed by atoms with Crippen molar-refractivity contribution in [2.45, 2.75) is 46.2 Å². The van der Waals surface area contributed by atoms with Crippen LogP contribution in [0.4, 0.5) is 0 Å². The molecule has 1 atom stereocenters. The first-order valence-corrected chi connectivity index (χ1v) is 9.42. The van der Waals surface area contributed by atoms with Gasteiger partial charge in [0.05, 0.1) is 0 Å². The zero-order valence-corrected chi connectivity index (χ0v) is 16.3. The monoisotopic (exact) mass is 365 g/mol. The van der Waals surface area contributed by atoms with Crippen LogP contribution in [0.3, 0.4) is 0 Å². The summed E-state index contributed by atoms with van der Waals surface area (Å²) in [4.78, 5) is 2.44. The Kier molecular flexibility index (Phi) is 5.81. The van der Waals surface area contributed by atoms with E-state index in [-0.39, 0.29) is 0 Å². The van der Waals surface area contributed by atoms with Crippen molar-refractivity contribution in [1.82, 2.24) is 25.2 Å². The van der Waals surface area contributed by atoms with E-state index in [0.717, 1.165) is 54.8 Å². The number of likely N-dealkylation sites (tertiary alicyclic amines) is 1. The van der Waals surface area contributed by atoms with Crippen molar-refractivity contribution < 1.29 is 4.52 Å². The Morgan fingerprint density at radius 2 is 2.24 bits per heavy atom. The summed E-state index contributed by atoms with van der Waals surface area (Å²) in [7, 11) is 1.86. The Morgan fingerprint density at radius 1 is 1.44 bits per heavy atom. The lowest BCUT2D eigenvalue weighted by molar-refractivity contribution is 0.319. The summed E-state index contributed by atoms with van der Waals surface area (Å²) in [5, 5.41) is 13.0. The molecule has 3 heterocycles. The van der Waals surface area contributed by atoms with Gasteiger partial charge >= 0.3 is 0 Å². The van der Waals surface area contributed by atoms with Gasteiger partial charge in [-0.25, -0.2) is 0 Å². The molecule has 1 N–H and O–H groups in total. The van der Waals surface area contributed by atoms with E-state index in [4.69, 9.17) is 16.1 Å². The predicted molar refractivity (Wildman–Crippen MR) is 99.6 cm³/mol. The number of hydrogen-bond donors (Lipinski definition) is 1. The standard InChI is InChI=1S/C18H28ClN5O/c1-12(2)5-7-20-14-6-8-24(10-14)11-15-17(21-23(4)18(15)19)16-9-13(3)25-22-16/h9,12,14,20H,5-8,10-11H2,1-4H3. The number of nitrogens with zero attached hydrogens (tertiary/aromatic N) is 4. The van der Waals surface area contributed by atoms with Gasteiger partial charge in [-0.2, -0.15) is 5.10 Å². The number of aryl methyl sites for hydroxylation is 2. The van der Waals surface area contributed by atoms with Crippen LogP contribution in [0, 0.1) is 12.8 Å². The van der Waals surface area contributed by atoms with Crippen LogP contribution in [0.2, 0.25) is 5.15 Å². The molecule has 6 nitrogen and oxygen atoms in total. The van der Waals surface area contributed by atoms with E-state index in [1.807, 2.05) is 20.0 Å². The normalized spacial score (nSPS) is 18.6. The maximum atomic E-state index is 6.50. The SMILES string of the molecule is Cc1cc(-c2nn(C)c(Cl)c2CN2CCC(NCCC(C)C)C2)no1. The third kappa shape index (κ3) is 4.43. The highest BCUT2D eigenvalue weighted by atomic mass is 35.5. The first-order chi connectivity index (χ1) is 11.9. The number of nitrogens with one attached hydrogen (secondary N) is 1. The zero-order chi connectivity index (χ0) is 18.0. The molecule has 1 fully saturated rings. The van der Waals surface area contributed by atoms with Gasteiger partial charge in [0.1, 0.15) is 22.3 Å². The molecular formula is C18H28ClN5O. The van der Waals surface area contributed by atoms with Gasteiger partial charge in [-0.15, -0.1) is 0 Å². The van der Waals surface area contributed by atoms with E-state index in [1.54, 1.807) is 4.68 Å². The molecule has 0 aliphatic carbocycles. The van der Waals surface area contributed by atoms with Crippen molar-refractivity contribution in [3.8, 4) is 11.4 Å². The van der Waals surface area contributed by atoms with Crippen LogP contribution in [0.1, 0.15) is 38.0 Å². The molecule has 138 valence electrons. The molecule has 1 unspecified atom stereocenters. The van der Waals surface area contributed by atoms with Crippen molar-refractivity contribution in [2.24, 2.45) is 13.0 Å². The van der Waals surface area contributed by atoms with Crippen LogP contribution in [-0.4, -0.2) is 45.5 Å². The molecule has 1 saturated heterocycles. The topological polar surface area (TPSA) is 59.1 Å². The molecule has 1 aliphatic rings. The second-order valence-corrected chi connectivity index (χ2v) is 7.78. The molecule has 0 saturated carbocycles. The molecule has 0 bridgehead atoms. The van der Waals surface area contributed by atoms with Crippen LogP contribution in [-0.2, 0) is 13.6 Å². The fraction of sp³-hybridized carbons (Fsp3) is 0.667. The lowest BCUT2D eigenvalue weighted by Crippen LogP contribution is -2.33. The van der Waals surface area contributed by atoms with Crippen LogP contribution in [0.15, 0.2) is 10.6 Å². The minimum atomic E-state index is 0.562. The van der Waals surface area contributed by atoms with Gasteiger partial charge in [0.15, 0.2) is 0 Å². The number of aromatic nitrogens is 3. The third-order valence-electron chi connectivity index (χ3n) is 4.75. The van der Waals surface area contributed by atoms with E-state index in [0.29, 0.717) is 11.2 Å². The van der Waals surface area contributed by atoms with Gasteiger partial charge in [0.25, 0.3) is 0 Å². The Morgan fingerprint density at radius 3 is 2.92 bits per heavy atom. The van der Waals surface area contributed by atoms with E-state index in [9.17, 15) is 0 Å². The number of hydrogen-bond acceptors (Lipinski definition) is 5. The van der Waals surface area contributed by atoms with Crippen LogP contribution in [0.5, 0.6) is 0 Å². The Bertz CT molecular complexity index is 708. The highest BCUT2D eigenvalue weighted by Gasteiger charge is 2.26. The molecule has 2 aromatic heterocycles. The number of halogens is 1. The van der Waals surface area contributed by atoms with Gasteiger partial charge in [0, 0.05) is 44.4 Å². The minimum Gasteiger partial charge on any atom is -0.361 e. The predicted octanol–water partition coefficient (Wildman–Crippen LogP) is 3.25. The fourth-order valence-electron chi connectivity index (χ4n) is 3.31. The fourth-order valence-corrected chi connectivity index (χ4v) is 3.50. The molecule has 0 amide bonds. The summed E-state index contributed by atoms with van der Waals surface area (Å²) in [6, 6.07) is 2.47. The second-order valence-electron chi connectivity index (χ2n) is 7.42. The van der Waals surface area contributed by atoms with Crippen molar-refractivity contribution >= 4 is 11.6 Å². The summed E-state index contributed by atoms with van der Waals surface area (Å²) in [5.74, 6) is 1.52. The molecule has 3 rings (SSSR count). The summed E-state index contributed by atoms with van der Waals surface area (Å²) in [6.45, 7) is 10.4. The van der Waals surface area contributed by atoms with Crippen molar-refractivity contribution in [3.63, 3.8) is 0 Å². The Hall–Kier alpha value is -1.37. The van der Waals surface area contributed by atoms with Crippen molar-refractivity contribution in [3.05, 3.63) is 22.5 Å². The van der Waals surface area contributed by atoms with E-state index in [2.05, 4.69) is 34.3 Å². The zero-order valence-electron chi connectivity index (χ0n) is 15.5. The van der Waals surface area contributed by atoms with Crippen LogP contribution in [0.25, 0.3) is 11.4 Å². The summed E-state index contributed by atoms with van der Waals surface area (Å²) < 4.78 is 6.92.